The molecule has 0 aromatic heterocycles. The van der Waals surface area contributed by atoms with E-state index in [0.29, 0.717) is 19.5 Å². The van der Waals surface area contributed by atoms with Gasteiger partial charge in [-0.3, -0.25) is 9.59 Å². The Labute approximate surface area is 96.4 Å². The Morgan fingerprint density at radius 2 is 2.25 bits per heavy atom. The molecule has 92 valence electrons. The van der Waals surface area contributed by atoms with Crippen molar-refractivity contribution in [2.24, 2.45) is 5.73 Å². The molecule has 0 aromatic carbocycles. The molecule has 5 heteroatoms. The largest absolute Gasteiger partial charge is 0.351 e. The summed E-state index contributed by atoms with van der Waals surface area (Å²) in [4.78, 5) is 24.8. The fraction of sp³-hybridized carbons (Fsp3) is 0.818. The molecular weight excluding hydrogens is 206 g/mol. The van der Waals surface area contributed by atoms with Crippen LogP contribution in [0.5, 0.6) is 0 Å². The number of amides is 2. The third-order valence-electron chi connectivity index (χ3n) is 2.77. The summed E-state index contributed by atoms with van der Waals surface area (Å²) >= 11 is 0. The van der Waals surface area contributed by atoms with Gasteiger partial charge < -0.3 is 16.0 Å². The third-order valence-corrected chi connectivity index (χ3v) is 2.77. The van der Waals surface area contributed by atoms with Gasteiger partial charge in [0.2, 0.25) is 11.8 Å². The zero-order valence-electron chi connectivity index (χ0n) is 9.87. The van der Waals surface area contributed by atoms with Gasteiger partial charge in [0, 0.05) is 25.6 Å². The summed E-state index contributed by atoms with van der Waals surface area (Å²) in [6.45, 7) is 3.13. The van der Waals surface area contributed by atoms with E-state index in [2.05, 4.69) is 5.32 Å². The van der Waals surface area contributed by atoms with Crippen LogP contribution in [0.1, 0.15) is 32.6 Å². The van der Waals surface area contributed by atoms with Gasteiger partial charge in [0.25, 0.3) is 0 Å². The smallest absolute Gasteiger partial charge is 0.239 e. The average molecular weight is 227 g/mol. The summed E-state index contributed by atoms with van der Waals surface area (Å²) in [6.07, 6.45) is 3.57. The lowest BCUT2D eigenvalue weighted by Crippen LogP contribution is -2.45. The van der Waals surface area contributed by atoms with Crippen molar-refractivity contribution in [1.82, 2.24) is 10.2 Å². The number of likely N-dealkylation sites (tertiary alicyclic amines) is 1. The molecule has 0 spiro atoms. The number of hydrogen-bond acceptors (Lipinski definition) is 3. The van der Waals surface area contributed by atoms with Crippen LogP contribution in [0.25, 0.3) is 0 Å². The molecule has 1 aliphatic rings. The van der Waals surface area contributed by atoms with Crippen molar-refractivity contribution >= 4 is 11.8 Å². The van der Waals surface area contributed by atoms with E-state index in [1.54, 1.807) is 4.90 Å². The van der Waals surface area contributed by atoms with Crippen molar-refractivity contribution in [1.29, 1.82) is 0 Å². The molecule has 0 unspecified atom stereocenters. The van der Waals surface area contributed by atoms with E-state index < -0.39 is 0 Å². The number of carbonyl (C=O) groups is 2. The Kier molecular flexibility index (Phi) is 5.25. The number of hydrogen-bond donors (Lipinski definition) is 2. The lowest BCUT2D eigenvalue weighted by molar-refractivity contribution is -0.135. The van der Waals surface area contributed by atoms with Crippen LogP contribution in [0.4, 0.5) is 0 Å². The van der Waals surface area contributed by atoms with Gasteiger partial charge in [-0.2, -0.15) is 0 Å². The van der Waals surface area contributed by atoms with E-state index in [4.69, 9.17) is 5.73 Å². The maximum Gasteiger partial charge on any atom is 0.239 e. The fourth-order valence-corrected chi connectivity index (χ4v) is 1.76. The Bertz CT molecular complexity index is 256. The van der Waals surface area contributed by atoms with E-state index in [0.717, 1.165) is 19.3 Å². The lowest BCUT2D eigenvalue weighted by Gasteiger charge is -2.21. The Morgan fingerprint density at radius 3 is 2.94 bits per heavy atom. The monoisotopic (exact) mass is 227 g/mol. The van der Waals surface area contributed by atoms with Crippen molar-refractivity contribution in [3.8, 4) is 0 Å². The standard InChI is InChI=1S/C11H21N3O2/c1-9(7-12)13-10(15)8-14-6-4-2-3-5-11(14)16/h9H,2-8,12H2,1H3,(H,13,15)/t9-/m0/s1. The van der Waals surface area contributed by atoms with Crippen molar-refractivity contribution < 1.29 is 9.59 Å². The highest BCUT2D eigenvalue weighted by Gasteiger charge is 2.19. The molecular formula is C11H21N3O2. The summed E-state index contributed by atoms with van der Waals surface area (Å²) in [5.74, 6) is -0.0266. The van der Waals surface area contributed by atoms with Crippen LogP contribution in [0.3, 0.4) is 0 Å². The van der Waals surface area contributed by atoms with Crippen LogP contribution in [-0.4, -0.2) is 42.4 Å². The Hall–Kier alpha value is -1.10. The average Bonchev–Trinajstić information content (AvgIpc) is 2.44. The molecule has 0 saturated carbocycles. The highest BCUT2D eigenvalue weighted by molar-refractivity contribution is 5.85. The van der Waals surface area contributed by atoms with E-state index >= 15 is 0 Å². The first-order chi connectivity index (χ1) is 7.63. The van der Waals surface area contributed by atoms with Gasteiger partial charge in [-0.1, -0.05) is 6.42 Å². The fourth-order valence-electron chi connectivity index (χ4n) is 1.76. The van der Waals surface area contributed by atoms with Crippen LogP contribution >= 0.6 is 0 Å². The Balaban J connectivity index is 2.39. The molecule has 1 aliphatic heterocycles. The molecule has 1 saturated heterocycles. The first-order valence-corrected chi connectivity index (χ1v) is 5.90. The van der Waals surface area contributed by atoms with Gasteiger partial charge in [0.1, 0.15) is 0 Å². The number of rotatable bonds is 4. The maximum atomic E-state index is 11.6. The molecule has 1 heterocycles. The minimum atomic E-state index is -0.117. The normalized spacial score (nSPS) is 19.1. The van der Waals surface area contributed by atoms with Gasteiger partial charge in [-0.15, -0.1) is 0 Å². The minimum absolute atomic E-state index is 0.0328. The predicted octanol–water partition coefficient (Wildman–Crippen LogP) is -0.148. The van der Waals surface area contributed by atoms with Crippen molar-refractivity contribution in [3.05, 3.63) is 0 Å². The van der Waals surface area contributed by atoms with Gasteiger partial charge in [0.15, 0.2) is 0 Å². The molecule has 0 bridgehead atoms. The minimum Gasteiger partial charge on any atom is -0.351 e. The second-order valence-electron chi connectivity index (χ2n) is 4.33. The Morgan fingerprint density at radius 1 is 1.50 bits per heavy atom. The SMILES string of the molecule is C[C@@H](CN)NC(=O)CN1CCCCCC1=O. The molecule has 0 radical (unpaired) electrons. The number of nitrogens with two attached hydrogens (primary N) is 1. The predicted molar refractivity (Wildman–Crippen MR) is 61.7 cm³/mol. The number of nitrogens with zero attached hydrogens (tertiary/aromatic N) is 1. The highest BCUT2D eigenvalue weighted by atomic mass is 16.2. The second kappa shape index (κ2) is 6.48. The van der Waals surface area contributed by atoms with Crippen LogP contribution < -0.4 is 11.1 Å². The van der Waals surface area contributed by atoms with Crippen LogP contribution in [-0.2, 0) is 9.59 Å². The molecule has 1 atom stereocenters. The molecule has 1 fully saturated rings. The topological polar surface area (TPSA) is 75.4 Å². The maximum absolute atomic E-state index is 11.6. The molecule has 16 heavy (non-hydrogen) atoms. The van der Waals surface area contributed by atoms with Crippen LogP contribution in [0.15, 0.2) is 0 Å². The number of nitrogens with one attached hydrogen (secondary N) is 1. The summed E-state index contributed by atoms with van der Waals surface area (Å²) in [5, 5.41) is 2.76. The molecule has 3 N–H and O–H groups in total. The first kappa shape index (κ1) is 13.0. The van der Waals surface area contributed by atoms with Crippen molar-refractivity contribution in [3.63, 3.8) is 0 Å². The van der Waals surface area contributed by atoms with E-state index in [1.807, 2.05) is 6.92 Å². The van der Waals surface area contributed by atoms with Gasteiger partial charge in [-0.25, -0.2) is 0 Å². The molecule has 5 nitrogen and oxygen atoms in total. The van der Waals surface area contributed by atoms with E-state index in [1.165, 1.54) is 0 Å². The first-order valence-electron chi connectivity index (χ1n) is 5.90. The van der Waals surface area contributed by atoms with Gasteiger partial charge in [-0.05, 0) is 19.8 Å². The summed E-state index contributed by atoms with van der Waals surface area (Å²) in [6, 6.07) is -0.0328. The summed E-state index contributed by atoms with van der Waals surface area (Å²) in [5.41, 5.74) is 5.41. The quantitative estimate of drug-likeness (QED) is 0.701. The van der Waals surface area contributed by atoms with Crippen molar-refractivity contribution in [2.75, 3.05) is 19.6 Å². The number of carbonyl (C=O) groups excluding carboxylic acids is 2. The van der Waals surface area contributed by atoms with E-state index in [-0.39, 0.29) is 24.4 Å². The zero-order valence-corrected chi connectivity index (χ0v) is 9.87. The molecule has 0 aromatic rings. The second-order valence-corrected chi connectivity index (χ2v) is 4.33. The molecule has 2 amide bonds. The third kappa shape index (κ3) is 4.18. The molecule has 0 aliphatic carbocycles. The lowest BCUT2D eigenvalue weighted by atomic mass is 10.2. The van der Waals surface area contributed by atoms with Crippen molar-refractivity contribution in [2.45, 2.75) is 38.6 Å². The van der Waals surface area contributed by atoms with E-state index in [9.17, 15) is 9.59 Å². The highest BCUT2D eigenvalue weighted by Crippen LogP contribution is 2.10. The summed E-state index contributed by atoms with van der Waals surface area (Å²) in [7, 11) is 0. The summed E-state index contributed by atoms with van der Waals surface area (Å²) < 4.78 is 0. The van der Waals surface area contributed by atoms with Crippen LogP contribution in [0, 0.1) is 0 Å². The zero-order chi connectivity index (χ0) is 12.0. The molecule has 1 rings (SSSR count). The van der Waals surface area contributed by atoms with Crippen LogP contribution in [0.2, 0.25) is 0 Å². The van der Waals surface area contributed by atoms with Gasteiger partial charge in [0.05, 0.1) is 6.54 Å². The van der Waals surface area contributed by atoms with Gasteiger partial charge >= 0.3 is 0 Å².